The summed E-state index contributed by atoms with van der Waals surface area (Å²) in [5.74, 6) is 0. The minimum atomic E-state index is 0.891. The highest BCUT2D eigenvalue weighted by Gasteiger charge is 2.19. The Labute approximate surface area is 84.1 Å². The molecule has 0 fully saturated rings. The molecular weight excluding hydrogens is 200 g/mol. The van der Waals surface area contributed by atoms with Crippen LogP contribution in [0.4, 0.5) is 0 Å². The average molecular weight is 206 g/mol. The topological polar surface area (TPSA) is 25.2 Å². The molecule has 4 heteroatoms. The quantitative estimate of drug-likeness (QED) is 0.652. The Hall–Kier alpha value is -0.870. The van der Waals surface area contributed by atoms with Crippen LogP contribution in [0, 0.1) is 0 Å². The molecule has 1 aliphatic heterocycles. The van der Waals surface area contributed by atoms with E-state index in [1.165, 1.54) is 15.5 Å². The fraction of sp³-hybridized carbons (Fsp3) is 0.111. The van der Waals surface area contributed by atoms with E-state index in [0.29, 0.717) is 0 Å². The lowest BCUT2D eigenvalue weighted by Gasteiger charge is -2.14. The van der Waals surface area contributed by atoms with Crippen LogP contribution in [0.1, 0.15) is 10.6 Å². The molecule has 1 aliphatic carbocycles. The highest BCUT2D eigenvalue weighted by Crippen LogP contribution is 2.33. The number of nitrogens with zero attached hydrogens (tertiary/aromatic N) is 2. The molecule has 0 saturated carbocycles. The summed E-state index contributed by atoms with van der Waals surface area (Å²) in [6.07, 6.45) is 4.93. The van der Waals surface area contributed by atoms with Crippen LogP contribution < -0.4 is 0 Å². The van der Waals surface area contributed by atoms with Crippen molar-refractivity contribution in [2.24, 2.45) is 4.99 Å². The fourth-order valence-corrected chi connectivity index (χ4v) is 2.94. The zero-order chi connectivity index (χ0) is 8.67. The summed E-state index contributed by atoms with van der Waals surface area (Å²) in [7, 11) is 0. The SMILES string of the molecule is C1=CSC2=Cc3scnc3CC2=N1. The van der Waals surface area contributed by atoms with Crippen LogP contribution in [-0.2, 0) is 6.42 Å². The van der Waals surface area contributed by atoms with Gasteiger partial charge in [-0.1, -0.05) is 11.8 Å². The summed E-state index contributed by atoms with van der Waals surface area (Å²) in [4.78, 5) is 11.2. The number of rotatable bonds is 0. The van der Waals surface area contributed by atoms with Crippen LogP contribution in [0.3, 0.4) is 0 Å². The predicted molar refractivity (Wildman–Crippen MR) is 58.0 cm³/mol. The number of thiazole rings is 1. The molecule has 0 bridgehead atoms. The Bertz CT molecular complexity index is 440. The van der Waals surface area contributed by atoms with Crippen molar-refractivity contribution in [1.82, 2.24) is 4.98 Å². The second-order valence-corrected chi connectivity index (χ2v) is 4.66. The third-order valence-electron chi connectivity index (χ3n) is 2.04. The molecule has 1 aromatic heterocycles. The van der Waals surface area contributed by atoms with E-state index in [2.05, 4.69) is 16.1 Å². The summed E-state index contributed by atoms with van der Waals surface area (Å²) >= 11 is 3.44. The number of allylic oxidation sites excluding steroid dienone is 1. The first-order valence-electron chi connectivity index (χ1n) is 3.96. The number of thioether (sulfide) groups is 1. The summed E-state index contributed by atoms with van der Waals surface area (Å²) < 4.78 is 0. The Morgan fingerprint density at radius 1 is 1.38 bits per heavy atom. The van der Waals surface area contributed by atoms with Crippen LogP contribution in [0.15, 0.2) is 27.0 Å². The zero-order valence-corrected chi connectivity index (χ0v) is 8.36. The van der Waals surface area contributed by atoms with Crippen molar-refractivity contribution in [2.45, 2.75) is 6.42 Å². The molecule has 0 aromatic carbocycles. The summed E-state index contributed by atoms with van der Waals surface area (Å²) in [6, 6.07) is 0. The molecule has 2 aliphatic rings. The Morgan fingerprint density at radius 2 is 2.38 bits per heavy atom. The van der Waals surface area contributed by atoms with E-state index in [1.807, 2.05) is 17.1 Å². The molecule has 2 heterocycles. The van der Waals surface area contributed by atoms with Crippen molar-refractivity contribution in [3.63, 3.8) is 0 Å². The molecule has 13 heavy (non-hydrogen) atoms. The van der Waals surface area contributed by atoms with Gasteiger partial charge in [0.05, 0.1) is 21.8 Å². The van der Waals surface area contributed by atoms with Crippen molar-refractivity contribution < 1.29 is 0 Å². The molecule has 0 saturated heterocycles. The minimum absolute atomic E-state index is 0.891. The molecular formula is C9H6N2S2. The Kier molecular flexibility index (Phi) is 1.63. The van der Waals surface area contributed by atoms with Crippen molar-refractivity contribution in [3.05, 3.63) is 32.6 Å². The molecule has 0 spiro atoms. The predicted octanol–water partition coefficient (Wildman–Crippen LogP) is 2.70. The van der Waals surface area contributed by atoms with Gasteiger partial charge < -0.3 is 0 Å². The fourth-order valence-electron chi connectivity index (χ4n) is 1.41. The molecule has 0 amide bonds. The third-order valence-corrected chi connectivity index (χ3v) is 3.72. The maximum Gasteiger partial charge on any atom is 0.0801 e. The maximum atomic E-state index is 4.34. The molecule has 1 aromatic rings. The van der Waals surface area contributed by atoms with Gasteiger partial charge in [0, 0.05) is 17.5 Å². The summed E-state index contributed by atoms with van der Waals surface area (Å²) in [6.45, 7) is 0. The van der Waals surface area contributed by atoms with Crippen molar-refractivity contribution >= 4 is 34.9 Å². The highest BCUT2D eigenvalue weighted by atomic mass is 32.2. The number of fused-ring (bicyclic) bond motifs is 2. The van der Waals surface area contributed by atoms with Gasteiger partial charge in [-0.05, 0) is 11.5 Å². The van der Waals surface area contributed by atoms with Gasteiger partial charge in [0.1, 0.15) is 0 Å². The van der Waals surface area contributed by atoms with Crippen molar-refractivity contribution in [2.75, 3.05) is 0 Å². The number of aromatic nitrogens is 1. The van der Waals surface area contributed by atoms with Gasteiger partial charge in [0.15, 0.2) is 0 Å². The molecule has 0 unspecified atom stereocenters. The van der Waals surface area contributed by atoms with E-state index in [-0.39, 0.29) is 0 Å². The van der Waals surface area contributed by atoms with Crippen LogP contribution in [0.2, 0.25) is 0 Å². The average Bonchev–Trinajstić information content (AvgIpc) is 2.61. The molecule has 64 valence electrons. The lowest BCUT2D eigenvalue weighted by molar-refractivity contribution is 1.17. The first kappa shape index (κ1) is 7.53. The number of aliphatic imine (C=N–C) groups is 1. The van der Waals surface area contributed by atoms with E-state index >= 15 is 0 Å². The first-order valence-corrected chi connectivity index (χ1v) is 5.72. The highest BCUT2D eigenvalue weighted by molar-refractivity contribution is 8.07. The van der Waals surface area contributed by atoms with E-state index < -0.39 is 0 Å². The zero-order valence-electron chi connectivity index (χ0n) is 6.73. The van der Waals surface area contributed by atoms with Gasteiger partial charge in [-0.3, -0.25) is 4.99 Å². The molecule has 3 rings (SSSR count). The number of hydrogen-bond acceptors (Lipinski definition) is 4. The Balaban J connectivity index is 2.15. The third kappa shape index (κ3) is 1.17. The monoisotopic (exact) mass is 206 g/mol. The first-order chi connectivity index (χ1) is 6.43. The van der Waals surface area contributed by atoms with Crippen LogP contribution >= 0.6 is 23.1 Å². The van der Waals surface area contributed by atoms with Crippen molar-refractivity contribution in [1.29, 1.82) is 0 Å². The second-order valence-electron chi connectivity index (χ2n) is 2.83. The standard InChI is InChI=1S/C9H6N2S2/c1-2-12-8-4-9-7(11-5-13-9)3-6(8)10-1/h1-2,4-5H,3H2. The normalized spacial score (nSPS) is 18.8. The van der Waals surface area contributed by atoms with Gasteiger partial charge in [0.25, 0.3) is 0 Å². The molecule has 0 N–H and O–H groups in total. The second kappa shape index (κ2) is 2.82. The van der Waals surface area contributed by atoms with E-state index in [0.717, 1.165) is 12.1 Å². The van der Waals surface area contributed by atoms with E-state index in [1.54, 1.807) is 23.1 Å². The Morgan fingerprint density at radius 3 is 3.38 bits per heavy atom. The molecule has 2 nitrogen and oxygen atoms in total. The summed E-state index contributed by atoms with van der Waals surface area (Å²) in [5, 5.41) is 2.02. The molecule has 0 atom stereocenters. The van der Waals surface area contributed by atoms with Gasteiger partial charge in [-0.15, -0.1) is 11.3 Å². The lowest BCUT2D eigenvalue weighted by atomic mass is 10.1. The van der Waals surface area contributed by atoms with Gasteiger partial charge in [-0.2, -0.15) is 0 Å². The van der Waals surface area contributed by atoms with Crippen molar-refractivity contribution in [3.8, 4) is 0 Å². The van der Waals surface area contributed by atoms with Gasteiger partial charge in [-0.25, -0.2) is 4.98 Å². The summed E-state index contributed by atoms with van der Waals surface area (Å²) in [5.41, 5.74) is 4.23. The largest absolute Gasteiger partial charge is 0.259 e. The molecule has 0 radical (unpaired) electrons. The minimum Gasteiger partial charge on any atom is -0.259 e. The maximum absolute atomic E-state index is 4.34. The number of hydrogen-bond donors (Lipinski definition) is 0. The van der Waals surface area contributed by atoms with E-state index in [9.17, 15) is 0 Å². The van der Waals surface area contributed by atoms with Crippen LogP contribution in [0.5, 0.6) is 0 Å². The van der Waals surface area contributed by atoms with Crippen LogP contribution in [-0.4, -0.2) is 10.7 Å². The van der Waals surface area contributed by atoms with Gasteiger partial charge in [0.2, 0.25) is 0 Å². The lowest BCUT2D eigenvalue weighted by Crippen LogP contribution is -2.10. The van der Waals surface area contributed by atoms with E-state index in [4.69, 9.17) is 0 Å². The van der Waals surface area contributed by atoms with Crippen LogP contribution in [0.25, 0.3) is 6.08 Å². The smallest absolute Gasteiger partial charge is 0.0801 e. The van der Waals surface area contributed by atoms with Gasteiger partial charge >= 0.3 is 0 Å².